The van der Waals surface area contributed by atoms with Crippen LogP contribution in [-0.2, 0) is 15.7 Å². The largest absolute Gasteiger partial charge is 0.484 e. The van der Waals surface area contributed by atoms with Gasteiger partial charge in [0.15, 0.2) is 5.82 Å². The van der Waals surface area contributed by atoms with Crippen molar-refractivity contribution in [3.05, 3.63) is 47.5 Å². The van der Waals surface area contributed by atoms with Crippen molar-refractivity contribution in [2.45, 2.75) is 11.5 Å². The summed E-state index contributed by atoms with van der Waals surface area (Å²) in [6.45, 7) is 0.0296. The van der Waals surface area contributed by atoms with Gasteiger partial charge in [-0.05, 0) is 24.3 Å². The monoisotopic (exact) mass is 318 g/mol. The summed E-state index contributed by atoms with van der Waals surface area (Å²) in [5.74, 6) is 0.530. The van der Waals surface area contributed by atoms with Crippen LogP contribution in [0.15, 0.2) is 41.6 Å². The fraction of sp³-hybridized carbons (Fsp3) is 0.0909. The second-order valence-corrected chi connectivity index (χ2v) is 6.45. The number of rotatable bonds is 4. The molecule has 8 heteroatoms. The van der Waals surface area contributed by atoms with E-state index in [2.05, 4.69) is 9.97 Å². The number of halogens is 2. The minimum Gasteiger partial charge on any atom is -0.484 e. The zero-order chi connectivity index (χ0) is 13.9. The van der Waals surface area contributed by atoms with Crippen LogP contribution >= 0.6 is 22.3 Å². The highest BCUT2D eigenvalue weighted by atomic mass is 35.7. The van der Waals surface area contributed by atoms with Crippen molar-refractivity contribution in [2.75, 3.05) is 0 Å². The Morgan fingerprint density at radius 2 is 1.89 bits per heavy atom. The normalized spacial score (nSPS) is 11.3. The van der Waals surface area contributed by atoms with Crippen LogP contribution in [0.3, 0.4) is 0 Å². The van der Waals surface area contributed by atoms with E-state index in [-0.39, 0.29) is 22.3 Å². The summed E-state index contributed by atoms with van der Waals surface area (Å²) >= 11 is 5.74. The maximum absolute atomic E-state index is 11.4. The summed E-state index contributed by atoms with van der Waals surface area (Å²) in [5, 5.41) is 0.252. The second-order valence-electron chi connectivity index (χ2n) is 3.48. The van der Waals surface area contributed by atoms with E-state index in [1.165, 1.54) is 18.2 Å². The topological polar surface area (TPSA) is 69.2 Å². The quantitative estimate of drug-likeness (QED) is 0.810. The number of hydrogen-bond donors (Lipinski definition) is 0. The number of benzene rings is 1. The van der Waals surface area contributed by atoms with Gasteiger partial charge in [-0.15, -0.1) is 0 Å². The van der Waals surface area contributed by atoms with Gasteiger partial charge in [0.2, 0.25) is 0 Å². The SMILES string of the molecule is O=S(=O)(Cl)c1cc(Cl)ccc1OCc1ncccn1. The van der Waals surface area contributed by atoms with Gasteiger partial charge in [0, 0.05) is 28.1 Å². The standard InChI is InChI=1S/C11H8Cl2N2O3S/c12-8-2-3-9(10(6-8)19(13,16)17)18-7-11-14-4-1-5-15-11/h1-6H,7H2. The molecule has 100 valence electrons. The lowest BCUT2D eigenvalue weighted by atomic mass is 10.3. The summed E-state index contributed by atoms with van der Waals surface area (Å²) in [4.78, 5) is 7.73. The van der Waals surface area contributed by atoms with Crippen molar-refractivity contribution < 1.29 is 13.2 Å². The summed E-state index contributed by atoms with van der Waals surface area (Å²) < 4.78 is 28.2. The van der Waals surface area contributed by atoms with Gasteiger partial charge in [0.25, 0.3) is 9.05 Å². The Labute approximate surface area is 119 Å². The van der Waals surface area contributed by atoms with Crippen LogP contribution in [0.25, 0.3) is 0 Å². The lowest BCUT2D eigenvalue weighted by Gasteiger charge is -2.09. The average Bonchev–Trinajstić information content (AvgIpc) is 2.37. The van der Waals surface area contributed by atoms with Gasteiger partial charge in [-0.25, -0.2) is 18.4 Å². The highest BCUT2D eigenvalue weighted by Crippen LogP contribution is 2.30. The molecular weight excluding hydrogens is 311 g/mol. The van der Waals surface area contributed by atoms with Gasteiger partial charge in [-0.2, -0.15) is 0 Å². The molecule has 0 aliphatic rings. The van der Waals surface area contributed by atoms with E-state index < -0.39 is 9.05 Å². The Morgan fingerprint density at radius 3 is 2.53 bits per heavy atom. The lowest BCUT2D eigenvalue weighted by Crippen LogP contribution is -2.03. The van der Waals surface area contributed by atoms with E-state index in [1.807, 2.05) is 0 Å². The molecule has 1 aromatic heterocycles. The molecule has 1 aromatic carbocycles. The molecule has 0 amide bonds. The molecule has 0 aliphatic carbocycles. The molecule has 0 radical (unpaired) electrons. The maximum Gasteiger partial charge on any atom is 0.265 e. The van der Waals surface area contributed by atoms with Crippen molar-refractivity contribution in [1.82, 2.24) is 9.97 Å². The average molecular weight is 319 g/mol. The van der Waals surface area contributed by atoms with Crippen LogP contribution in [0, 0.1) is 0 Å². The molecule has 0 unspecified atom stereocenters. The van der Waals surface area contributed by atoms with Gasteiger partial charge < -0.3 is 4.74 Å². The molecule has 0 spiro atoms. The Kier molecular flexibility index (Phi) is 4.24. The molecule has 0 saturated carbocycles. The molecule has 0 N–H and O–H groups in total. The van der Waals surface area contributed by atoms with E-state index in [0.717, 1.165) is 0 Å². The third kappa shape index (κ3) is 3.79. The molecule has 0 atom stereocenters. The molecule has 19 heavy (non-hydrogen) atoms. The molecule has 0 aliphatic heterocycles. The molecule has 0 saturated heterocycles. The van der Waals surface area contributed by atoms with Crippen LogP contribution < -0.4 is 4.74 Å². The van der Waals surface area contributed by atoms with Crippen LogP contribution in [0.5, 0.6) is 5.75 Å². The first-order valence-corrected chi connectivity index (χ1v) is 7.78. The Morgan fingerprint density at radius 1 is 1.21 bits per heavy atom. The number of ether oxygens (including phenoxy) is 1. The molecular formula is C11H8Cl2N2O3S. The number of nitrogens with zero attached hydrogens (tertiary/aromatic N) is 2. The first kappa shape index (κ1) is 14.0. The third-order valence-corrected chi connectivity index (χ3v) is 3.72. The van der Waals surface area contributed by atoms with E-state index in [4.69, 9.17) is 27.0 Å². The predicted octanol–water partition coefficient (Wildman–Crippen LogP) is 2.64. The van der Waals surface area contributed by atoms with E-state index in [0.29, 0.717) is 5.82 Å². The molecule has 0 bridgehead atoms. The Bertz CT molecular complexity index is 678. The Balaban J connectivity index is 2.26. The molecule has 2 aromatic rings. The first-order valence-electron chi connectivity index (χ1n) is 5.10. The Hall–Kier alpha value is -1.37. The van der Waals surface area contributed by atoms with Gasteiger partial charge in [-0.3, -0.25) is 0 Å². The third-order valence-electron chi connectivity index (χ3n) is 2.14. The summed E-state index contributed by atoms with van der Waals surface area (Å²) in [6.07, 6.45) is 3.12. The van der Waals surface area contributed by atoms with Gasteiger partial charge >= 0.3 is 0 Å². The van der Waals surface area contributed by atoms with E-state index in [1.54, 1.807) is 18.5 Å². The van der Waals surface area contributed by atoms with E-state index >= 15 is 0 Å². The fourth-order valence-corrected chi connectivity index (χ4v) is 2.57. The zero-order valence-corrected chi connectivity index (χ0v) is 11.8. The minimum absolute atomic E-state index is 0.0296. The molecule has 0 fully saturated rings. The van der Waals surface area contributed by atoms with Crippen molar-refractivity contribution in [1.29, 1.82) is 0 Å². The molecule has 2 rings (SSSR count). The van der Waals surface area contributed by atoms with Crippen molar-refractivity contribution in [3.63, 3.8) is 0 Å². The summed E-state index contributed by atoms with van der Waals surface area (Å²) in [7, 11) is 1.38. The van der Waals surface area contributed by atoms with Gasteiger partial charge in [-0.1, -0.05) is 11.6 Å². The maximum atomic E-state index is 11.4. The fourth-order valence-electron chi connectivity index (χ4n) is 1.34. The summed E-state index contributed by atoms with van der Waals surface area (Å²) in [6, 6.07) is 5.83. The first-order chi connectivity index (χ1) is 8.97. The van der Waals surface area contributed by atoms with Crippen LogP contribution in [0.4, 0.5) is 0 Å². The van der Waals surface area contributed by atoms with Crippen LogP contribution in [0.1, 0.15) is 5.82 Å². The summed E-state index contributed by atoms with van der Waals surface area (Å²) in [5.41, 5.74) is 0. The minimum atomic E-state index is -3.94. The van der Waals surface area contributed by atoms with Gasteiger partial charge in [0.1, 0.15) is 17.3 Å². The van der Waals surface area contributed by atoms with Gasteiger partial charge in [0.05, 0.1) is 0 Å². The number of hydrogen-bond acceptors (Lipinski definition) is 5. The highest BCUT2D eigenvalue weighted by molar-refractivity contribution is 8.13. The predicted molar refractivity (Wildman–Crippen MR) is 70.9 cm³/mol. The van der Waals surface area contributed by atoms with Crippen molar-refractivity contribution in [3.8, 4) is 5.75 Å². The lowest BCUT2D eigenvalue weighted by molar-refractivity contribution is 0.288. The number of aromatic nitrogens is 2. The zero-order valence-electron chi connectivity index (χ0n) is 9.45. The van der Waals surface area contributed by atoms with E-state index in [9.17, 15) is 8.42 Å². The molecule has 1 heterocycles. The van der Waals surface area contributed by atoms with Crippen LogP contribution in [0.2, 0.25) is 5.02 Å². The van der Waals surface area contributed by atoms with Crippen molar-refractivity contribution >= 4 is 31.3 Å². The molecule has 5 nitrogen and oxygen atoms in total. The highest BCUT2D eigenvalue weighted by Gasteiger charge is 2.17. The van der Waals surface area contributed by atoms with Crippen LogP contribution in [-0.4, -0.2) is 18.4 Å². The second kappa shape index (κ2) is 5.73. The smallest absolute Gasteiger partial charge is 0.265 e. The van der Waals surface area contributed by atoms with Crippen molar-refractivity contribution in [2.24, 2.45) is 0 Å².